The highest BCUT2D eigenvalue weighted by Gasteiger charge is 2.48. The van der Waals surface area contributed by atoms with Crippen LogP contribution in [0.1, 0.15) is 38.5 Å². The number of carbonyl (C=O) groups is 2. The Balaban J connectivity index is 1.51. The van der Waals surface area contributed by atoms with Crippen LogP contribution in [0, 0.1) is 23.5 Å². The molecule has 6 heteroatoms. The molecule has 3 rings (SSSR count). The normalized spacial score (nSPS) is 24.1. The third kappa shape index (κ3) is 3.86. The minimum Gasteiger partial charge on any atom is -0.353 e. The predicted octanol–water partition coefficient (Wildman–Crippen LogP) is 2.99. The van der Waals surface area contributed by atoms with E-state index in [2.05, 4.69) is 10.6 Å². The number of benzene rings is 1. The fourth-order valence-corrected chi connectivity index (χ4v) is 3.15. The molecular formula is C17H20F2N2O2. The number of nitrogens with one attached hydrogen (secondary N) is 2. The van der Waals surface area contributed by atoms with Gasteiger partial charge in [-0.05, 0) is 31.4 Å². The van der Waals surface area contributed by atoms with Crippen LogP contribution in [0.5, 0.6) is 0 Å². The van der Waals surface area contributed by atoms with Crippen molar-refractivity contribution < 1.29 is 18.4 Å². The number of anilines is 1. The van der Waals surface area contributed by atoms with E-state index in [4.69, 9.17) is 0 Å². The van der Waals surface area contributed by atoms with E-state index in [0.717, 1.165) is 37.8 Å². The van der Waals surface area contributed by atoms with Gasteiger partial charge in [0.2, 0.25) is 11.8 Å². The molecule has 1 aromatic carbocycles. The zero-order chi connectivity index (χ0) is 16.4. The maximum absolute atomic E-state index is 13.5. The Morgan fingerprint density at radius 1 is 1.00 bits per heavy atom. The number of amides is 2. The molecule has 2 unspecified atom stereocenters. The lowest BCUT2D eigenvalue weighted by molar-refractivity contribution is -0.126. The van der Waals surface area contributed by atoms with E-state index in [1.807, 2.05) is 0 Å². The van der Waals surface area contributed by atoms with Crippen molar-refractivity contribution in [3.63, 3.8) is 0 Å². The molecule has 0 heterocycles. The van der Waals surface area contributed by atoms with E-state index in [0.29, 0.717) is 6.42 Å². The Bertz CT molecular complexity index is 615. The third-order valence-electron chi connectivity index (χ3n) is 4.60. The SMILES string of the molecule is O=C(Nc1ccc(F)cc1F)C1CC1C(=O)NC1CCCCC1. The van der Waals surface area contributed by atoms with E-state index >= 15 is 0 Å². The van der Waals surface area contributed by atoms with Crippen LogP contribution in [0.15, 0.2) is 18.2 Å². The molecule has 2 N–H and O–H groups in total. The Morgan fingerprint density at radius 3 is 2.39 bits per heavy atom. The van der Waals surface area contributed by atoms with E-state index in [1.54, 1.807) is 0 Å². The molecule has 0 bridgehead atoms. The number of halogens is 2. The van der Waals surface area contributed by atoms with Gasteiger partial charge in [0.15, 0.2) is 0 Å². The highest BCUT2D eigenvalue weighted by molar-refractivity contribution is 5.99. The fraction of sp³-hybridized carbons (Fsp3) is 0.529. The molecule has 2 atom stereocenters. The second kappa shape index (κ2) is 6.64. The van der Waals surface area contributed by atoms with Gasteiger partial charge in [0.05, 0.1) is 17.5 Å². The monoisotopic (exact) mass is 322 g/mol. The summed E-state index contributed by atoms with van der Waals surface area (Å²) >= 11 is 0. The first kappa shape index (κ1) is 15.9. The quantitative estimate of drug-likeness (QED) is 0.895. The number of hydrogen-bond donors (Lipinski definition) is 2. The molecular weight excluding hydrogens is 302 g/mol. The van der Waals surface area contributed by atoms with E-state index in [9.17, 15) is 18.4 Å². The van der Waals surface area contributed by atoms with Gasteiger partial charge >= 0.3 is 0 Å². The van der Waals surface area contributed by atoms with Crippen molar-refractivity contribution in [3.8, 4) is 0 Å². The number of hydrogen-bond acceptors (Lipinski definition) is 2. The lowest BCUT2D eigenvalue weighted by atomic mass is 9.95. The van der Waals surface area contributed by atoms with Gasteiger partial charge in [-0.1, -0.05) is 19.3 Å². The second-order valence-electron chi connectivity index (χ2n) is 6.41. The summed E-state index contributed by atoms with van der Waals surface area (Å²) in [6, 6.07) is 3.20. The zero-order valence-electron chi connectivity index (χ0n) is 12.8. The van der Waals surface area contributed by atoms with Crippen LogP contribution < -0.4 is 10.6 Å². The topological polar surface area (TPSA) is 58.2 Å². The van der Waals surface area contributed by atoms with Crippen molar-refractivity contribution >= 4 is 17.5 Å². The molecule has 0 aromatic heterocycles. The molecule has 2 aliphatic carbocycles. The minimum absolute atomic E-state index is 0.0604. The standard InChI is InChI=1S/C17H20F2N2O2/c18-10-6-7-15(14(19)8-10)21-17(23)13-9-12(13)16(22)20-11-4-2-1-3-5-11/h6-8,11-13H,1-5,9H2,(H,20,22)(H,21,23). The van der Waals surface area contributed by atoms with Crippen molar-refractivity contribution in [2.75, 3.05) is 5.32 Å². The molecule has 124 valence electrons. The van der Waals surface area contributed by atoms with Gasteiger partial charge in [-0.15, -0.1) is 0 Å². The third-order valence-corrected chi connectivity index (χ3v) is 4.60. The Hall–Kier alpha value is -1.98. The van der Waals surface area contributed by atoms with Gasteiger partial charge < -0.3 is 10.6 Å². The highest BCUT2D eigenvalue weighted by atomic mass is 19.1. The molecule has 0 radical (unpaired) electrons. The van der Waals surface area contributed by atoms with Crippen LogP contribution in [0.3, 0.4) is 0 Å². The van der Waals surface area contributed by atoms with Crippen LogP contribution in [-0.2, 0) is 9.59 Å². The zero-order valence-corrected chi connectivity index (χ0v) is 12.8. The number of carbonyl (C=O) groups excluding carboxylic acids is 2. The van der Waals surface area contributed by atoms with Crippen molar-refractivity contribution in [2.45, 2.75) is 44.6 Å². The van der Waals surface area contributed by atoms with Crippen LogP contribution in [0.2, 0.25) is 0 Å². The average molecular weight is 322 g/mol. The van der Waals surface area contributed by atoms with Gasteiger partial charge in [-0.3, -0.25) is 9.59 Å². The van der Waals surface area contributed by atoms with E-state index in [-0.39, 0.29) is 29.5 Å². The first-order chi connectivity index (χ1) is 11.0. The summed E-state index contributed by atoms with van der Waals surface area (Å²) in [7, 11) is 0. The lowest BCUT2D eigenvalue weighted by Gasteiger charge is -2.22. The van der Waals surface area contributed by atoms with Gasteiger partial charge in [-0.25, -0.2) is 8.78 Å². The van der Waals surface area contributed by atoms with Crippen LogP contribution in [0.4, 0.5) is 14.5 Å². The molecule has 2 saturated carbocycles. The summed E-state index contributed by atoms with van der Waals surface area (Å²) in [5, 5.41) is 5.43. The Labute approximate surface area is 133 Å². The molecule has 4 nitrogen and oxygen atoms in total. The van der Waals surface area contributed by atoms with Crippen LogP contribution >= 0.6 is 0 Å². The maximum atomic E-state index is 13.5. The highest BCUT2D eigenvalue weighted by Crippen LogP contribution is 2.40. The Kier molecular flexibility index (Phi) is 4.59. The molecule has 2 fully saturated rings. The average Bonchev–Trinajstić information content (AvgIpc) is 3.32. The number of rotatable bonds is 4. The minimum atomic E-state index is -0.817. The molecule has 0 spiro atoms. The fourth-order valence-electron chi connectivity index (χ4n) is 3.15. The predicted molar refractivity (Wildman–Crippen MR) is 81.6 cm³/mol. The molecule has 2 amide bonds. The largest absolute Gasteiger partial charge is 0.353 e. The molecule has 23 heavy (non-hydrogen) atoms. The van der Waals surface area contributed by atoms with Crippen molar-refractivity contribution in [3.05, 3.63) is 29.8 Å². The van der Waals surface area contributed by atoms with Crippen molar-refractivity contribution in [1.82, 2.24) is 5.32 Å². The summed E-state index contributed by atoms with van der Waals surface area (Å²) in [5.41, 5.74) is -0.0604. The van der Waals surface area contributed by atoms with Gasteiger partial charge in [0.25, 0.3) is 0 Å². The lowest BCUT2D eigenvalue weighted by Crippen LogP contribution is -2.37. The molecule has 0 aliphatic heterocycles. The first-order valence-corrected chi connectivity index (χ1v) is 8.11. The maximum Gasteiger partial charge on any atom is 0.228 e. The molecule has 1 aromatic rings. The molecule has 2 aliphatic rings. The summed E-state index contributed by atoms with van der Waals surface area (Å²) in [6.45, 7) is 0. The van der Waals surface area contributed by atoms with E-state index in [1.165, 1.54) is 12.5 Å². The summed E-state index contributed by atoms with van der Waals surface area (Å²) in [6.07, 6.45) is 5.94. The Morgan fingerprint density at radius 2 is 1.70 bits per heavy atom. The van der Waals surface area contributed by atoms with Gasteiger partial charge in [0.1, 0.15) is 11.6 Å². The summed E-state index contributed by atoms with van der Waals surface area (Å²) in [5.74, 6) is -2.75. The van der Waals surface area contributed by atoms with Crippen molar-refractivity contribution in [1.29, 1.82) is 0 Å². The van der Waals surface area contributed by atoms with Gasteiger partial charge in [-0.2, -0.15) is 0 Å². The van der Waals surface area contributed by atoms with Crippen LogP contribution in [0.25, 0.3) is 0 Å². The van der Waals surface area contributed by atoms with Crippen LogP contribution in [-0.4, -0.2) is 17.9 Å². The van der Waals surface area contributed by atoms with Crippen molar-refractivity contribution in [2.24, 2.45) is 11.8 Å². The van der Waals surface area contributed by atoms with E-state index < -0.39 is 17.6 Å². The second-order valence-corrected chi connectivity index (χ2v) is 6.41. The first-order valence-electron chi connectivity index (χ1n) is 8.11. The summed E-state index contributed by atoms with van der Waals surface area (Å²) in [4.78, 5) is 24.2. The molecule has 0 saturated heterocycles. The summed E-state index contributed by atoms with van der Waals surface area (Å²) < 4.78 is 26.4. The van der Waals surface area contributed by atoms with Gasteiger partial charge in [0, 0.05) is 12.1 Å². The smallest absolute Gasteiger partial charge is 0.228 e.